The van der Waals surface area contributed by atoms with Crippen LogP contribution in [0.2, 0.25) is 0 Å². The van der Waals surface area contributed by atoms with Gasteiger partial charge in [0.1, 0.15) is 11.9 Å². The highest BCUT2D eigenvalue weighted by atomic mass is 32.2. The molecule has 0 saturated carbocycles. The van der Waals surface area contributed by atoms with Crippen LogP contribution in [0.5, 0.6) is 0 Å². The van der Waals surface area contributed by atoms with E-state index in [1.54, 1.807) is 19.1 Å². The number of hydrogen-bond donors (Lipinski definition) is 5. The molecule has 3 aromatic rings. The first kappa shape index (κ1) is 40.6. The fourth-order valence-corrected chi connectivity index (χ4v) is 7.34. The van der Waals surface area contributed by atoms with Gasteiger partial charge in [-0.2, -0.15) is 4.31 Å². The molecule has 0 radical (unpaired) electrons. The summed E-state index contributed by atoms with van der Waals surface area (Å²) in [5.74, 6) is -1.36. The SMILES string of the molecule is CC(C)CN(C[C@@H](O)[C@H](Cc1ccccc1)NC(=O)[C@@H](NC(=O)[C@@H](C)NC(C)(C)c1ccc(F)cc1)C(C)(C)C)S(=O)(=O)c1ccc(N)cc1. The van der Waals surface area contributed by atoms with Gasteiger partial charge >= 0.3 is 0 Å². The maximum absolute atomic E-state index is 14.1. The third-order valence-corrected chi connectivity index (χ3v) is 10.4. The van der Waals surface area contributed by atoms with Crippen LogP contribution in [0.4, 0.5) is 10.1 Å². The summed E-state index contributed by atoms with van der Waals surface area (Å²) in [5, 5.41) is 20.8. The third-order valence-electron chi connectivity index (χ3n) is 8.52. The minimum Gasteiger partial charge on any atom is -0.399 e. The molecule has 0 aliphatic rings. The number of nitrogens with one attached hydrogen (secondary N) is 3. The normalized spacial score (nSPS) is 15.0. The van der Waals surface area contributed by atoms with Gasteiger partial charge in [-0.15, -0.1) is 0 Å². The molecule has 0 spiro atoms. The van der Waals surface area contributed by atoms with E-state index in [1.165, 1.54) is 40.7 Å². The van der Waals surface area contributed by atoms with E-state index in [4.69, 9.17) is 5.73 Å². The summed E-state index contributed by atoms with van der Waals surface area (Å²) in [6.45, 7) is 14.5. The zero-order valence-corrected chi connectivity index (χ0v) is 31.2. The van der Waals surface area contributed by atoms with Gasteiger partial charge in [-0.3, -0.25) is 14.9 Å². The van der Waals surface area contributed by atoms with Gasteiger partial charge in [0.2, 0.25) is 21.8 Å². The predicted octanol–water partition coefficient (Wildman–Crippen LogP) is 4.59. The molecule has 0 aromatic heterocycles. The Balaban J connectivity index is 1.86. The number of carbonyl (C=O) groups excluding carboxylic acids is 2. The summed E-state index contributed by atoms with van der Waals surface area (Å²) < 4.78 is 42.3. The molecule has 0 fully saturated rings. The van der Waals surface area contributed by atoms with Crippen molar-refractivity contribution in [3.8, 4) is 0 Å². The second kappa shape index (κ2) is 16.9. The van der Waals surface area contributed by atoms with Crippen molar-refractivity contribution in [1.82, 2.24) is 20.3 Å². The van der Waals surface area contributed by atoms with E-state index in [2.05, 4.69) is 16.0 Å². The first-order valence-corrected chi connectivity index (χ1v) is 18.4. The standard InChI is InChI=1S/C38H54FN5O5S/c1-25(2)23-44(50(48,49)31-20-18-30(40)19-21-31)24-33(45)32(22-27-12-10-9-11-13-27)41-36(47)34(37(4,5)6)42-35(46)26(3)43-38(7,8)28-14-16-29(39)17-15-28/h9-21,25-26,32-34,43,45H,22-24,40H2,1-8H3,(H,41,47)(H,42,46)/t26-,32+,33-,34-/m1/s1. The Morgan fingerprint density at radius 2 is 1.42 bits per heavy atom. The average molecular weight is 712 g/mol. The maximum atomic E-state index is 14.1. The molecule has 2 amide bonds. The summed E-state index contributed by atoms with van der Waals surface area (Å²) in [7, 11) is -4.02. The lowest BCUT2D eigenvalue weighted by atomic mass is 9.85. The number of aliphatic hydroxyl groups is 1. The minimum atomic E-state index is -4.02. The van der Waals surface area contributed by atoms with E-state index in [0.29, 0.717) is 5.69 Å². The first-order valence-electron chi connectivity index (χ1n) is 16.9. The van der Waals surface area contributed by atoms with Crippen molar-refractivity contribution in [2.75, 3.05) is 18.8 Å². The topological polar surface area (TPSA) is 154 Å². The number of anilines is 1. The fourth-order valence-electron chi connectivity index (χ4n) is 5.72. The number of carbonyl (C=O) groups is 2. The fraction of sp³-hybridized carbons (Fsp3) is 0.474. The van der Waals surface area contributed by atoms with Crippen molar-refractivity contribution < 1.29 is 27.5 Å². The van der Waals surface area contributed by atoms with Crippen molar-refractivity contribution in [2.45, 2.75) is 96.5 Å². The van der Waals surface area contributed by atoms with E-state index < -0.39 is 57.0 Å². The van der Waals surface area contributed by atoms with E-state index in [-0.39, 0.29) is 36.1 Å². The maximum Gasteiger partial charge on any atom is 0.243 e. The number of hydrogen-bond acceptors (Lipinski definition) is 7. The summed E-state index contributed by atoms with van der Waals surface area (Å²) >= 11 is 0. The van der Waals surface area contributed by atoms with Crippen molar-refractivity contribution in [2.24, 2.45) is 11.3 Å². The van der Waals surface area contributed by atoms with E-state index in [1.807, 2.05) is 78.8 Å². The summed E-state index contributed by atoms with van der Waals surface area (Å²) in [6.07, 6.45) is -1.10. The minimum absolute atomic E-state index is 0.0454. The highest BCUT2D eigenvalue weighted by molar-refractivity contribution is 7.89. The lowest BCUT2D eigenvalue weighted by Gasteiger charge is -2.36. The smallest absolute Gasteiger partial charge is 0.243 e. The van der Waals surface area contributed by atoms with E-state index >= 15 is 0 Å². The number of nitrogens with zero attached hydrogens (tertiary/aromatic N) is 1. The molecule has 10 nitrogen and oxygen atoms in total. The van der Waals surface area contributed by atoms with Crippen LogP contribution < -0.4 is 21.7 Å². The molecular weight excluding hydrogens is 658 g/mol. The molecule has 4 atom stereocenters. The molecule has 3 rings (SSSR count). The molecule has 6 N–H and O–H groups in total. The van der Waals surface area contributed by atoms with Crippen molar-refractivity contribution >= 4 is 27.5 Å². The summed E-state index contributed by atoms with van der Waals surface area (Å²) in [6, 6.07) is 18.5. The largest absolute Gasteiger partial charge is 0.399 e. The van der Waals surface area contributed by atoms with Crippen molar-refractivity contribution in [1.29, 1.82) is 0 Å². The Kier molecular flexibility index (Phi) is 13.7. The van der Waals surface area contributed by atoms with Crippen LogP contribution in [-0.2, 0) is 31.6 Å². The molecule has 12 heteroatoms. The van der Waals surface area contributed by atoms with Crippen LogP contribution >= 0.6 is 0 Å². The number of nitrogens with two attached hydrogens (primary N) is 1. The van der Waals surface area contributed by atoms with Crippen LogP contribution in [0.3, 0.4) is 0 Å². The van der Waals surface area contributed by atoms with E-state index in [0.717, 1.165) is 11.1 Å². The van der Waals surface area contributed by atoms with Gasteiger partial charge in [0.25, 0.3) is 0 Å². The first-order chi connectivity index (χ1) is 23.2. The number of halogens is 1. The Hall–Kier alpha value is -3.84. The van der Waals surface area contributed by atoms with Gasteiger partial charge in [-0.1, -0.05) is 77.1 Å². The Bertz CT molecular complexity index is 1660. The van der Waals surface area contributed by atoms with Gasteiger partial charge in [0.15, 0.2) is 0 Å². The Morgan fingerprint density at radius 3 is 1.96 bits per heavy atom. The molecule has 0 aliphatic heterocycles. The third kappa shape index (κ3) is 11.3. The zero-order chi connectivity index (χ0) is 37.4. The molecular formula is C38H54FN5O5S. The number of sulfonamides is 1. The molecule has 274 valence electrons. The Morgan fingerprint density at radius 1 is 0.840 bits per heavy atom. The monoisotopic (exact) mass is 711 g/mol. The predicted molar refractivity (Wildman–Crippen MR) is 196 cm³/mol. The van der Waals surface area contributed by atoms with Gasteiger partial charge in [0.05, 0.1) is 23.1 Å². The van der Waals surface area contributed by atoms with Crippen LogP contribution in [0.15, 0.2) is 83.8 Å². The molecule has 0 saturated heterocycles. The molecule has 3 aromatic carbocycles. The second-order valence-corrected chi connectivity index (χ2v) is 16.9. The van der Waals surface area contributed by atoms with Crippen LogP contribution in [0, 0.1) is 17.2 Å². The molecule has 0 unspecified atom stereocenters. The van der Waals surface area contributed by atoms with Gasteiger partial charge in [-0.05, 0) is 86.1 Å². The quantitative estimate of drug-likeness (QED) is 0.136. The van der Waals surface area contributed by atoms with Crippen molar-refractivity contribution in [3.63, 3.8) is 0 Å². The van der Waals surface area contributed by atoms with Crippen LogP contribution in [0.25, 0.3) is 0 Å². The molecule has 0 heterocycles. The number of nitrogen functional groups attached to an aromatic ring is 1. The Labute approximate surface area is 297 Å². The molecule has 50 heavy (non-hydrogen) atoms. The van der Waals surface area contributed by atoms with Gasteiger partial charge in [0, 0.05) is 24.3 Å². The highest BCUT2D eigenvalue weighted by Crippen LogP contribution is 2.24. The number of amides is 2. The lowest BCUT2D eigenvalue weighted by Crippen LogP contribution is -2.61. The lowest BCUT2D eigenvalue weighted by molar-refractivity contribution is -0.133. The zero-order valence-electron chi connectivity index (χ0n) is 30.4. The van der Waals surface area contributed by atoms with E-state index in [9.17, 15) is 27.5 Å². The summed E-state index contributed by atoms with van der Waals surface area (Å²) in [4.78, 5) is 27.7. The van der Waals surface area contributed by atoms with Crippen molar-refractivity contribution in [3.05, 3.63) is 95.8 Å². The average Bonchev–Trinajstić information content (AvgIpc) is 3.02. The second-order valence-electron chi connectivity index (χ2n) is 15.0. The molecule has 0 aliphatic carbocycles. The number of rotatable bonds is 16. The molecule has 0 bridgehead atoms. The van der Waals surface area contributed by atoms with Crippen LogP contribution in [-0.4, -0.2) is 67.0 Å². The van der Waals surface area contributed by atoms with Crippen LogP contribution in [0.1, 0.15) is 66.5 Å². The van der Waals surface area contributed by atoms with Gasteiger partial charge < -0.3 is 21.5 Å². The number of benzene rings is 3. The van der Waals surface area contributed by atoms with Gasteiger partial charge in [-0.25, -0.2) is 12.8 Å². The number of aliphatic hydroxyl groups excluding tert-OH is 1. The summed E-state index contributed by atoms with van der Waals surface area (Å²) in [5.41, 5.74) is 6.40. The highest BCUT2D eigenvalue weighted by Gasteiger charge is 2.38.